The molecule has 2 unspecified atom stereocenters. The van der Waals surface area contributed by atoms with E-state index in [-0.39, 0.29) is 43.5 Å². The van der Waals surface area contributed by atoms with Crippen molar-refractivity contribution in [2.75, 3.05) is 0 Å². The van der Waals surface area contributed by atoms with Gasteiger partial charge >= 0.3 is 0 Å². The van der Waals surface area contributed by atoms with Crippen LogP contribution in [-0.4, -0.2) is 15.9 Å². The molecule has 0 spiro atoms. The number of benzene rings is 2. The summed E-state index contributed by atoms with van der Waals surface area (Å²) < 4.78 is 0. The maximum Gasteiger partial charge on any atom is 0.161 e. The third kappa shape index (κ3) is 9.35. The van der Waals surface area contributed by atoms with Crippen LogP contribution in [0, 0.1) is 30.7 Å². The van der Waals surface area contributed by atoms with Crippen molar-refractivity contribution in [2.24, 2.45) is 17.8 Å². The second kappa shape index (κ2) is 15.0. The molecule has 0 fully saturated rings. The van der Waals surface area contributed by atoms with Gasteiger partial charge in [-0.25, -0.2) is 0 Å². The van der Waals surface area contributed by atoms with Crippen molar-refractivity contribution >= 4 is 16.6 Å². The summed E-state index contributed by atoms with van der Waals surface area (Å²) in [5, 5.41) is 11.9. The Morgan fingerprint density at radius 1 is 1.03 bits per heavy atom. The molecule has 0 saturated carbocycles. The molecule has 0 aliphatic rings. The molecule has 3 aromatic rings. The summed E-state index contributed by atoms with van der Waals surface area (Å²) in [7, 11) is 0. The standard InChI is InChI=1S/C20H20N.C11H20O2.Ir/c1-14(2)11-16-7-8-17-9-10-21-20(19(17)13-16)18-6-4-5-15(3)12-18;1-5-8(3)10(12)7-11(13)9(4)6-2;/h4-5,7-10,12-14H,11H2,1-3H3;7-9,12H,5-6H2,1-4H3;/q-1;;/b;10-7-;. The maximum absolute atomic E-state index is 11.4. The second-order valence-electron chi connectivity index (χ2n) is 9.68. The Morgan fingerprint density at radius 3 is 2.31 bits per heavy atom. The van der Waals surface area contributed by atoms with Gasteiger partial charge in [0.05, 0.1) is 5.76 Å². The summed E-state index contributed by atoms with van der Waals surface area (Å²) in [5.74, 6) is 1.01. The molecule has 1 heterocycles. The number of pyridine rings is 1. The second-order valence-corrected chi connectivity index (χ2v) is 9.68. The van der Waals surface area contributed by atoms with E-state index >= 15 is 0 Å². The first-order valence-corrected chi connectivity index (χ1v) is 12.5. The summed E-state index contributed by atoms with van der Waals surface area (Å²) in [4.78, 5) is 16.0. The molecular formula is C31H40IrNO2-. The third-order valence-electron chi connectivity index (χ3n) is 6.19. The van der Waals surface area contributed by atoms with E-state index in [1.165, 1.54) is 28.0 Å². The molecular weight excluding hydrogens is 611 g/mol. The number of nitrogens with zero attached hydrogens (tertiary/aromatic N) is 1. The number of hydrogen-bond acceptors (Lipinski definition) is 3. The van der Waals surface area contributed by atoms with E-state index in [0.717, 1.165) is 30.5 Å². The zero-order chi connectivity index (χ0) is 25.3. The molecule has 1 radical (unpaired) electrons. The van der Waals surface area contributed by atoms with E-state index in [1.807, 2.05) is 40.0 Å². The molecule has 1 N–H and O–H groups in total. The van der Waals surface area contributed by atoms with Crippen LogP contribution in [0.25, 0.3) is 22.0 Å². The van der Waals surface area contributed by atoms with Crippen LogP contribution < -0.4 is 0 Å². The number of ketones is 1. The third-order valence-corrected chi connectivity index (χ3v) is 6.19. The summed E-state index contributed by atoms with van der Waals surface area (Å²) in [6.45, 7) is 14.4. The Balaban J connectivity index is 0.000000383. The van der Waals surface area contributed by atoms with E-state index in [0.29, 0.717) is 5.92 Å². The number of carbonyl (C=O) groups is 1. The SMILES string of the molecule is CCC(C)C(=O)/C=C(\O)C(C)CC.Cc1cc[c-]c(-c2nccc3ccc(CC(C)C)cc23)c1.[Ir]. The first-order chi connectivity index (χ1) is 16.2. The number of rotatable bonds is 8. The molecule has 3 rings (SSSR count). The first kappa shape index (κ1) is 30.7. The Bertz CT molecular complexity index is 1120. The predicted molar refractivity (Wildman–Crippen MR) is 144 cm³/mol. The number of carbonyl (C=O) groups excluding carboxylic acids is 1. The normalized spacial score (nSPS) is 13.0. The van der Waals surface area contributed by atoms with Gasteiger partial charge in [0.1, 0.15) is 0 Å². The van der Waals surface area contributed by atoms with E-state index in [4.69, 9.17) is 0 Å². The van der Waals surface area contributed by atoms with Crippen LogP contribution in [0.5, 0.6) is 0 Å². The molecule has 35 heavy (non-hydrogen) atoms. The summed E-state index contributed by atoms with van der Waals surface area (Å²) in [5.41, 5.74) is 4.71. The minimum Gasteiger partial charge on any atom is -0.512 e. The van der Waals surface area contributed by atoms with Crippen molar-refractivity contribution < 1.29 is 30.0 Å². The van der Waals surface area contributed by atoms with E-state index in [1.54, 1.807) is 0 Å². The maximum atomic E-state index is 11.4. The van der Waals surface area contributed by atoms with E-state index < -0.39 is 0 Å². The van der Waals surface area contributed by atoms with Gasteiger partial charge in [-0.3, -0.25) is 4.79 Å². The van der Waals surface area contributed by atoms with Crippen LogP contribution in [0.3, 0.4) is 0 Å². The Labute approximate surface area is 225 Å². The fourth-order valence-electron chi connectivity index (χ4n) is 3.59. The average molecular weight is 651 g/mol. The number of aryl methyl sites for hydroxylation is 1. The molecule has 0 aliphatic carbocycles. The molecule has 2 atom stereocenters. The summed E-state index contributed by atoms with van der Waals surface area (Å²) in [6.07, 6.45) is 6.04. The van der Waals surface area contributed by atoms with Crippen molar-refractivity contribution in [3.05, 3.63) is 77.7 Å². The number of aromatic nitrogens is 1. The van der Waals surface area contributed by atoms with Crippen LogP contribution in [0.2, 0.25) is 0 Å². The van der Waals surface area contributed by atoms with E-state index in [2.05, 4.69) is 68.2 Å². The zero-order valence-electron chi connectivity index (χ0n) is 22.2. The minimum atomic E-state index is 0. The zero-order valence-corrected chi connectivity index (χ0v) is 24.6. The van der Waals surface area contributed by atoms with Crippen molar-refractivity contribution in [3.63, 3.8) is 0 Å². The van der Waals surface area contributed by atoms with Crippen LogP contribution in [0.1, 0.15) is 65.5 Å². The van der Waals surface area contributed by atoms with Gasteiger partial charge in [-0.15, -0.1) is 35.4 Å². The molecule has 4 heteroatoms. The molecule has 0 saturated heterocycles. The largest absolute Gasteiger partial charge is 0.512 e. The average Bonchev–Trinajstić information content (AvgIpc) is 2.82. The Hall–Kier alpha value is -2.29. The van der Waals surface area contributed by atoms with Crippen LogP contribution >= 0.6 is 0 Å². The molecule has 0 aliphatic heterocycles. The molecule has 2 aromatic carbocycles. The summed E-state index contributed by atoms with van der Waals surface area (Å²) in [6, 6.07) is 18.3. The number of aliphatic hydroxyl groups excluding tert-OH is 1. The fourth-order valence-corrected chi connectivity index (χ4v) is 3.59. The van der Waals surface area contributed by atoms with Crippen LogP contribution in [0.15, 0.2) is 60.5 Å². The van der Waals surface area contributed by atoms with Crippen molar-refractivity contribution in [3.8, 4) is 11.3 Å². The molecule has 1 aromatic heterocycles. The van der Waals surface area contributed by atoms with Gasteiger partial charge in [0.25, 0.3) is 0 Å². The van der Waals surface area contributed by atoms with Gasteiger partial charge in [0, 0.05) is 44.2 Å². The van der Waals surface area contributed by atoms with Crippen molar-refractivity contribution in [1.82, 2.24) is 4.98 Å². The topological polar surface area (TPSA) is 50.2 Å². The van der Waals surface area contributed by atoms with Gasteiger partial charge < -0.3 is 10.1 Å². The molecule has 0 amide bonds. The Morgan fingerprint density at radius 2 is 1.71 bits per heavy atom. The number of fused-ring (bicyclic) bond motifs is 1. The van der Waals surface area contributed by atoms with Crippen LogP contribution in [0.4, 0.5) is 0 Å². The van der Waals surface area contributed by atoms with Gasteiger partial charge in [-0.05, 0) is 53.3 Å². The quantitative estimate of drug-likeness (QED) is 0.152. The van der Waals surface area contributed by atoms with Gasteiger partial charge in [-0.1, -0.05) is 66.7 Å². The number of hydrogen-bond donors (Lipinski definition) is 1. The molecule has 191 valence electrons. The van der Waals surface area contributed by atoms with Crippen molar-refractivity contribution in [1.29, 1.82) is 0 Å². The summed E-state index contributed by atoms with van der Waals surface area (Å²) >= 11 is 0. The Kier molecular flexibility index (Phi) is 13.1. The van der Waals surface area contributed by atoms with Gasteiger partial charge in [0.2, 0.25) is 0 Å². The molecule has 3 nitrogen and oxygen atoms in total. The minimum absolute atomic E-state index is 0. The first-order valence-electron chi connectivity index (χ1n) is 12.5. The predicted octanol–water partition coefficient (Wildman–Crippen LogP) is 8.30. The molecule has 0 bridgehead atoms. The number of allylic oxidation sites excluding steroid dienone is 2. The van der Waals surface area contributed by atoms with Gasteiger partial charge in [0.15, 0.2) is 5.78 Å². The number of aliphatic hydroxyl groups is 1. The van der Waals surface area contributed by atoms with Crippen molar-refractivity contribution in [2.45, 2.75) is 67.7 Å². The van der Waals surface area contributed by atoms with E-state index in [9.17, 15) is 9.90 Å². The monoisotopic (exact) mass is 651 g/mol. The van der Waals surface area contributed by atoms with Gasteiger partial charge in [-0.2, -0.15) is 0 Å². The fraction of sp³-hybridized carbons (Fsp3) is 0.419. The van der Waals surface area contributed by atoms with Crippen LogP contribution in [-0.2, 0) is 31.3 Å². The smallest absolute Gasteiger partial charge is 0.161 e.